The number of piperazine rings is 3. The molecule has 0 atom stereocenters. The number of hydrogen-bond donors (Lipinski definition) is 7. The summed E-state index contributed by atoms with van der Waals surface area (Å²) < 4.78 is 0. The van der Waals surface area contributed by atoms with E-state index in [1.807, 2.05) is 29.7 Å². The molecule has 21 rings (SSSR count). The molecule has 526 valence electrons. The summed E-state index contributed by atoms with van der Waals surface area (Å²) in [7, 11) is 0. The van der Waals surface area contributed by atoms with E-state index in [-0.39, 0.29) is 12.5 Å². The van der Waals surface area contributed by atoms with E-state index in [4.69, 9.17) is 31.4 Å². The summed E-state index contributed by atoms with van der Waals surface area (Å²) in [5, 5.41) is 42.8. The van der Waals surface area contributed by atoms with Gasteiger partial charge in [0.2, 0.25) is 11.8 Å². The summed E-state index contributed by atoms with van der Waals surface area (Å²) in [6, 6.07) is 17.2. The van der Waals surface area contributed by atoms with E-state index in [9.17, 15) is 9.59 Å². The third-order valence-electron chi connectivity index (χ3n) is 23.7. The first-order chi connectivity index (χ1) is 50.3. The first-order valence-corrected chi connectivity index (χ1v) is 38.1. The lowest BCUT2D eigenvalue weighted by Crippen LogP contribution is -2.50. The molecule has 4 aromatic carbocycles. The van der Waals surface area contributed by atoms with Gasteiger partial charge in [0.1, 0.15) is 23.3 Å². The van der Waals surface area contributed by atoms with Crippen molar-refractivity contribution in [1.82, 2.24) is 75.8 Å². The van der Waals surface area contributed by atoms with E-state index in [1.165, 1.54) is 151 Å². The van der Waals surface area contributed by atoms with Gasteiger partial charge in [-0.2, -0.15) is 20.4 Å². The van der Waals surface area contributed by atoms with Crippen molar-refractivity contribution in [3.05, 3.63) is 118 Å². The lowest BCUT2D eigenvalue weighted by atomic mass is 9.87. The second kappa shape index (κ2) is 27.6. The van der Waals surface area contributed by atoms with E-state index < -0.39 is 0 Å². The number of rotatable bonds is 6. The van der Waals surface area contributed by atoms with Crippen LogP contribution in [0.15, 0.2) is 73.3 Å². The largest absolute Gasteiger partial charge is 0.356 e. The van der Waals surface area contributed by atoms with Crippen LogP contribution in [0.1, 0.15) is 122 Å². The molecule has 102 heavy (non-hydrogen) atoms. The maximum atomic E-state index is 12.4. The molecule has 0 radical (unpaired) electrons. The fourth-order valence-electron chi connectivity index (χ4n) is 18.2. The Labute approximate surface area is 592 Å². The molecule has 23 nitrogen and oxygen atoms in total. The predicted octanol–water partition coefficient (Wildman–Crippen LogP) is 9.96. The van der Waals surface area contributed by atoms with Gasteiger partial charge in [0, 0.05) is 147 Å². The molecule has 12 heterocycles. The molecule has 12 aromatic rings. The van der Waals surface area contributed by atoms with Crippen LogP contribution >= 0.6 is 0 Å². The van der Waals surface area contributed by atoms with Crippen molar-refractivity contribution in [2.24, 2.45) is 17.4 Å². The zero-order chi connectivity index (χ0) is 68.4. The Morgan fingerprint density at radius 2 is 0.676 bits per heavy atom. The molecule has 0 bridgehead atoms. The van der Waals surface area contributed by atoms with Crippen LogP contribution in [0.3, 0.4) is 0 Å². The van der Waals surface area contributed by atoms with Crippen molar-refractivity contribution < 1.29 is 9.59 Å². The van der Waals surface area contributed by atoms with Crippen LogP contribution in [0, 0.1) is 5.92 Å². The number of carbonyl (C=O) groups is 2. The average molecular weight is 1370 g/mol. The number of piperidine rings is 1. The monoisotopic (exact) mass is 1370 g/mol. The second-order valence-corrected chi connectivity index (χ2v) is 29.8. The minimum Gasteiger partial charge on any atom is -0.356 e. The van der Waals surface area contributed by atoms with Crippen molar-refractivity contribution in [3.63, 3.8) is 0 Å². The number of pyridine rings is 4. The SMILES string of the molecule is NC1CCN(c2nc3ccc4[nH]ncc4c3c3c2CCCC3)CC1.NCC(=O)N1CCN(c2nc3ccc4[nH]ncc4c3c3c2CCCC3)CC1.O=C(C1CC1)N1CCN(c2nc3ccc4[nH]ncc4c3c3c2CCCC3)CC1.c1cc2[nH]ncc2c2c3c(c(N4CCNCC4)nc12)CCCC3. The number of nitrogens with one attached hydrogen (secondary N) is 5. The van der Waals surface area contributed by atoms with E-state index >= 15 is 0 Å². The molecule has 4 saturated heterocycles. The Balaban J connectivity index is 0.0000000977. The summed E-state index contributed by atoms with van der Waals surface area (Å²) in [6.07, 6.45) is 31.1. The molecule has 2 amide bonds. The maximum Gasteiger partial charge on any atom is 0.236 e. The van der Waals surface area contributed by atoms with E-state index in [0.29, 0.717) is 31.0 Å². The number of aryl methyl sites for hydroxylation is 4. The van der Waals surface area contributed by atoms with Crippen molar-refractivity contribution in [1.29, 1.82) is 0 Å². The van der Waals surface area contributed by atoms with Crippen molar-refractivity contribution in [2.45, 2.75) is 134 Å². The fraction of sp³-hybridized carbons (Fsp3) is 0.468. The second-order valence-electron chi connectivity index (χ2n) is 29.8. The van der Waals surface area contributed by atoms with Crippen LogP contribution in [-0.4, -0.2) is 187 Å². The number of nitrogens with two attached hydrogens (primary N) is 2. The molecule has 5 fully saturated rings. The van der Waals surface area contributed by atoms with Gasteiger partial charge in [-0.3, -0.25) is 30.0 Å². The highest BCUT2D eigenvalue weighted by Crippen LogP contribution is 2.43. The normalized spacial score (nSPS) is 18.8. The Morgan fingerprint density at radius 1 is 0.373 bits per heavy atom. The lowest BCUT2D eigenvalue weighted by Gasteiger charge is -2.37. The quantitative estimate of drug-likeness (QED) is 0.0815. The van der Waals surface area contributed by atoms with Gasteiger partial charge in [-0.05, 0) is 221 Å². The van der Waals surface area contributed by atoms with Gasteiger partial charge in [-0.15, -0.1) is 0 Å². The van der Waals surface area contributed by atoms with E-state index in [0.717, 1.165) is 211 Å². The number of fused-ring (bicyclic) bond motifs is 20. The number of aromatic nitrogens is 12. The topological polar surface area (TPSA) is 284 Å². The van der Waals surface area contributed by atoms with Gasteiger partial charge in [-0.25, -0.2) is 19.9 Å². The summed E-state index contributed by atoms with van der Waals surface area (Å²) >= 11 is 0. The third-order valence-corrected chi connectivity index (χ3v) is 23.7. The van der Waals surface area contributed by atoms with Crippen LogP contribution < -0.4 is 36.4 Å². The molecule has 23 heteroatoms. The predicted molar refractivity (Wildman–Crippen MR) is 406 cm³/mol. The molecule has 1 saturated carbocycles. The molecule has 9 N–H and O–H groups in total. The highest BCUT2D eigenvalue weighted by molar-refractivity contribution is 6.11. The Bertz CT molecular complexity index is 5150. The minimum atomic E-state index is 0.0329. The number of carbonyl (C=O) groups excluding carboxylic acids is 2. The fourth-order valence-corrected chi connectivity index (χ4v) is 18.2. The van der Waals surface area contributed by atoms with E-state index in [2.05, 4.69) is 119 Å². The molecule has 0 spiro atoms. The number of nitrogens with zero attached hydrogens (tertiary/aromatic N) is 14. The number of hydrogen-bond acceptors (Lipinski definition) is 17. The minimum absolute atomic E-state index is 0.0329. The van der Waals surface area contributed by atoms with Crippen LogP contribution in [0.4, 0.5) is 23.3 Å². The van der Waals surface area contributed by atoms with Gasteiger partial charge >= 0.3 is 0 Å². The highest BCUT2D eigenvalue weighted by Gasteiger charge is 2.36. The summed E-state index contributed by atoms with van der Waals surface area (Å²) in [5.41, 5.74) is 32.0. The highest BCUT2D eigenvalue weighted by atomic mass is 16.2. The molecule has 4 aliphatic heterocycles. The first-order valence-electron chi connectivity index (χ1n) is 38.1. The van der Waals surface area contributed by atoms with E-state index in [1.54, 1.807) is 0 Å². The van der Waals surface area contributed by atoms with Gasteiger partial charge in [0.25, 0.3) is 0 Å². The molecule has 5 aliphatic carbocycles. The third kappa shape index (κ3) is 12.0. The Kier molecular flexibility index (Phi) is 17.5. The smallest absolute Gasteiger partial charge is 0.236 e. The van der Waals surface area contributed by atoms with Gasteiger partial charge in [0.15, 0.2) is 0 Å². The van der Waals surface area contributed by atoms with Crippen molar-refractivity contribution in [3.8, 4) is 0 Å². The molecule has 8 aromatic heterocycles. The van der Waals surface area contributed by atoms with Crippen molar-refractivity contribution >= 4 is 122 Å². The maximum absolute atomic E-state index is 12.4. The van der Waals surface area contributed by atoms with Crippen LogP contribution in [0.5, 0.6) is 0 Å². The first kappa shape index (κ1) is 64.5. The standard InChI is InChI=1S/C22H25N5O.C20H24N6O.C19H23N5.C18H21N5/c28-22(14-5-6-14)27-11-9-26(10-12-27)21-16-4-2-1-3-15(16)20-17-13-23-25-18(17)7-8-19(20)24-21;21-11-18(27)25-7-9-26(10-8-25)20-14-4-2-1-3-13(14)19-15-12-22-24-16(15)5-6-17(19)23-20;20-12-7-9-24(10-8-12)19-14-4-2-1-3-13(14)18-15-11-21-23-16(15)5-6-17(18)22-19;1-2-4-13-12(3-1)17-14-11-20-22-15(14)5-6-16(17)21-18(13)23-9-7-19-8-10-23/h7-8,13-14H,1-6,9-12H2,(H,23,25);5-6,12H,1-4,7-11,21H2,(H,22,24);5-6,11-12H,1-4,7-10,20H2,(H,21,23);5-6,11,19H,1-4,7-10H2,(H,20,22). The summed E-state index contributed by atoms with van der Waals surface area (Å²) in [4.78, 5) is 58.3. The van der Waals surface area contributed by atoms with Gasteiger partial charge in [0.05, 0.1) is 75.5 Å². The Morgan fingerprint density at radius 3 is 1.00 bits per heavy atom. The lowest BCUT2D eigenvalue weighted by molar-refractivity contribution is -0.133. The van der Waals surface area contributed by atoms with Crippen LogP contribution in [0.2, 0.25) is 0 Å². The zero-order valence-corrected chi connectivity index (χ0v) is 58.6. The van der Waals surface area contributed by atoms with Gasteiger partial charge in [-0.1, -0.05) is 0 Å². The van der Waals surface area contributed by atoms with Crippen molar-refractivity contribution in [2.75, 3.05) is 118 Å². The molecular weight excluding hydrogens is 1280 g/mol. The number of H-pyrrole nitrogens is 4. The Hall–Kier alpha value is -9.58. The van der Waals surface area contributed by atoms with Crippen LogP contribution in [0.25, 0.3) is 87.2 Å². The zero-order valence-electron chi connectivity index (χ0n) is 58.6. The number of aromatic amines is 4. The average Bonchev–Trinajstić information content (AvgIpc) is 1.26. The molecule has 0 unspecified atom stereocenters. The summed E-state index contributed by atoms with van der Waals surface area (Å²) in [6.45, 7) is 12.8. The molecular formula is C79H93N21O2. The summed E-state index contributed by atoms with van der Waals surface area (Å²) in [5.74, 6) is 5.43. The number of benzene rings is 4. The van der Waals surface area contributed by atoms with Gasteiger partial charge < -0.3 is 46.2 Å². The number of amides is 2. The molecule has 9 aliphatic rings. The number of anilines is 4. The van der Waals surface area contributed by atoms with Crippen LogP contribution in [-0.2, 0) is 61.0 Å².